The van der Waals surface area contributed by atoms with Crippen LogP contribution >= 0.6 is 11.6 Å². The van der Waals surface area contributed by atoms with Crippen molar-refractivity contribution in [2.75, 3.05) is 15.8 Å². The van der Waals surface area contributed by atoms with Crippen LogP contribution in [0.1, 0.15) is 44.0 Å². The topological polar surface area (TPSA) is 93.1 Å². The number of sulfonamides is 1. The lowest BCUT2D eigenvalue weighted by Crippen LogP contribution is -2.17. The summed E-state index contributed by atoms with van der Waals surface area (Å²) in [5, 5.41) is 7.70. The van der Waals surface area contributed by atoms with Crippen LogP contribution < -0.4 is 10.0 Å². The van der Waals surface area contributed by atoms with Crippen LogP contribution in [0.4, 0.5) is 11.4 Å². The maximum atomic E-state index is 12.4. The van der Waals surface area contributed by atoms with Crippen molar-refractivity contribution >= 4 is 45.0 Å². The van der Waals surface area contributed by atoms with E-state index in [4.69, 9.17) is 11.6 Å². The molecule has 9 heteroatoms. The molecule has 0 aliphatic carbocycles. The summed E-state index contributed by atoms with van der Waals surface area (Å²) in [6.45, 7) is 10.2. The molecule has 30 heavy (non-hydrogen) atoms. The van der Waals surface area contributed by atoms with E-state index in [2.05, 4.69) is 29.0 Å². The van der Waals surface area contributed by atoms with E-state index in [0.29, 0.717) is 46.5 Å². The Labute approximate surface area is 183 Å². The summed E-state index contributed by atoms with van der Waals surface area (Å²) < 4.78 is 28.4. The van der Waals surface area contributed by atoms with Crippen molar-refractivity contribution in [1.29, 1.82) is 0 Å². The molecule has 0 atom stereocenters. The molecule has 2 rings (SSSR count). The zero-order chi connectivity index (χ0) is 22.5. The van der Waals surface area contributed by atoms with E-state index >= 15 is 0 Å². The largest absolute Gasteiger partial charge is 0.322 e. The SMILES string of the molecule is CCCS(=O)(=O)Nc1cccc(NC(=O)C=Cc2c(C)nn(CC(C)C)c2Cl)c1C. The van der Waals surface area contributed by atoms with Gasteiger partial charge in [0.05, 0.1) is 17.1 Å². The predicted octanol–water partition coefficient (Wildman–Crippen LogP) is 4.61. The van der Waals surface area contributed by atoms with Gasteiger partial charge in [0.1, 0.15) is 5.15 Å². The first-order chi connectivity index (χ1) is 14.0. The Bertz CT molecular complexity index is 1040. The maximum absolute atomic E-state index is 12.4. The van der Waals surface area contributed by atoms with Gasteiger partial charge in [-0.3, -0.25) is 14.2 Å². The minimum atomic E-state index is -3.42. The van der Waals surface area contributed by atoms with Crippen molar-refractivity contribution in [2.24, 2.45) is 5.92 Å². The summed E-state index contributed by atoms with van der Waals surface area (Å²) in [6, 6.07) is 5.07. The summed E-state index contributed by atoms with van der Waals surface area (Å²) in [5.74, 6) is 0.0850. The van der Waals surface area contributed by atoms with Crippen LogP contribution in [0.25, 0.3) is 6.08 Å². The highest BCUT2D eigenvalue weighted by atomic mass is 35.5. The molecule has 164 valence electrons. The molecule has 1 amide bonds. The Hall–Kier alpha value is -2.32. The second-order valence-corrected chi connectivity index (χ2v) is 9.79. The van der Waals surface area contributed by atoms with Crippen LogP contribution in [0.2, 0.25) is 5.15 Å². The molecule has 0 radical (unpaired) electrons. The van der Waals surface area contributed by atoms with Crippen LogP contribution in [0.3, 0.4) is 0 Å². The molecule has 0 spiro atoms. The molecule has 0 unspecified atom stereocenters. The molecular formula is C21H29ClN4O3S. The van der Waals surface area contributed by atoms with Gasteiger partial charge in [0.2, 0.25) is 15.9 Å². The molecule has 1 heterocycles. The van der Waals surface area contributed by atoms with Crippen LogP contribution in [0, 0.1) is 19.8 Å². The zero-order valence-electron chi connectivity index (χ0n) is 18.0. The van der Waals surface area contributed by atoms with Crippen LogP contribution in [0.5, 0.6) is 0 Å². The first kappa shape index (κ1) is 24.0. The van der Waals surface area contributed by atoms with Crippen LogP contribution in [0.15, 0.2) is 24.3 Å². The highest BCUT2D eigenvalue weighted by Crippen LogP contribution is 2.25. The van der Waals surface area contributed by atoms with Crippen molar-refractivity contribution in [3.05, 3.63) is 46.2 Å². The average Bonchev–Trinajstić information content (AvgIpc) is 2.89. The Kier molecular flexibility index (Phi) is 8.09. The molecule has 0 saturated heterocycles. The standard InChI is InChI=1S/C21H29ClN4O3S/c1-6-12-30(28,29)25-19-9-7-8-18(15(19)4)23-20(27)11-10-17-16(5)24-26(21(17)22)13-14(2)3/h7-11,14,25H,6,12-13H2,1-5H3,(H,23,27). The maximum Gasteiger partial charge on any atom is 0.248 e. The highest BCUT2D eigenvalue weighted by molar-refractivity contribution is 7.92. The summed E-state index contributed by atoms with van der Waals surface area (Å²) in [6.07, 6.45) is 3.55. The first-order valence-corrected chi connectivity index (χ1v) is 11.9. The van der Waals surface area contributed by atoms with Gasteiger partial charge in [-0.1, -0.05) is 38.4 Å². The number of carbonyl (C=O) groups excluding carboxylic acids is 1. The van der Waals surface area contributed by atoms with Gasteiger partial charge in [-0.15, -0.1) is 0 Å². The number of anilines is 2. The molecule has 0 aliphatic heterocycles. The summed E-state index contributed by atoms with van der Waals surface area (Å²) in [7, 11) is -3.42. The lowest BCUT2D eigenvalue weighted by atomic mass is 10.1. The molecule has 2 N–H and O–H groups in total. The highest BCUT2D eigenvalue weighted by Gasteiger charge is 2.14. The number of halogens is 1. The van der Waals surface area contributed by atoms with Crippen molar-refractivity contribution in [3.8, 4) is 0 Å². The van der Waals surface area contributed by atoms with Crippen molar-refractivity contribution in [2.45, 2.75) is 47.6 Å². The number of rotatable bonds is 9. The van der Waals surface area contributed by atoms with Crippen molar-refractivity contribution in [1.82, 2.24) is 9.78 Å². The number of aryl methyl sites for hydroxylation is 1. The molecule has 1 aromatic heterocycles. The third-order valence-electron chi connectivity index (χ3n) is 4.38. The number of nitrogens with zero attached hydrogens (tertiary/aromatic N) is 2. The number of benzene rings is 1. The Balaban J connectivity index is 2.16. The fourth-order valence-corrected chi connectivity index (χ4v) is 4.43. The quantitative estimate of drug-likeness (QED) is 0.543. The minimum Gasteiger partial charge on any atom is -0.322 e. The molecule has 2 aromatic rings. The van der Waals surface area contributed by atoms with Gasteiger partial charge >= 0.3 is 0 Å². The minimum absolute atomic E-state index is 0.0381. The third kappa shape index (κ3) is 6.34. The van der Waals surface area contributed by atoms with Gasteiger partial charge in [-0.05, 0) is 50.0 Å². The van der Waals surface area contributed by atoms with E-state index in [9.17, 15) is 13.2 Å². The number of aromatic nitrogens is 2. The molecule has 0 bridgehead atoms. The number of carbonyl (C=O) groups is 1. The van der Waals surface area contributed by atoms with E-state index < -0.39 is 10.0 Å². The molecule has 7 nitrogen and oxygen atoms in total. The van der Waals surface area contributed by atoms with E-state index in [1.54, 1.807) is 42.8 Å². The smallest absolute Gasteiger partial charge is 0.248 e. The number of amides is 1. The predicted molar refractivity (Wildman–Crippen MR) is 123 cm³/mol. The van der Waals surface area contributed by atoms with Crippen LogP contribution in [-0.4, -0.2) is 29.9 Å². The Morgan fingerprint density at radius 1 is 1.27 bits per heavy atom. The summed E-state index contributed by atoms with van der Waals surface area (Å²) in [4.78, 5) is 12.4. The average molecular weight is 453 g/mol. The fourth-order valence-electron chi connectivity index (χ4n) is 2.93. The van der Waals surface area contributed by atoms with Gasteiger partial charge < -0.3 is 5.32 Å². The van der Waals surface area contributed by atoms with Crippen molar-refractivity contribution in [3.63, 3.8) is 0 Å². The van der Waals surface area contributed by atoms with E-state index in [1.165, 1.54) is 6.08 Å². The summed E-state index contributed by atoms with van der Waals surface area (Å²) >= 11 is 6.40. The second kappa shape index (κ2) is 10.1. The van der Waals surface area contributed by atoms with E-state index in [-0.39, 0.29) is 11.7 Å². The van der Waals surface area contributed by atoms with Crippen LogP contribution in [-0.2, 0) is 21.4 Å². The van der Waals surface area contributed by atoms with Gasteiger partial charge in [0, 0.05) is 23.9 Å². The number of hydrogen-bond donors (Lipinski definition) is 2. The molecule has 1 aromatic carbocycles. The van der Waals surface area contributed by atoms with Gasteiger partial charge in [-0.25, -0.2) is 8.42 Å². The lowest BCUT2D eigenvalue weighted by Gasteiger charge is -2.13. The zero-order valence-corrected chi connectivity index (χ0v) is 19.6. The molecule has 0 fully saturated rings. The molecule has 0 aliphatic rings. The second-order valence-electron chi connectivity index (χ2n) is 7.59. The van der Waals surface area contributed by atoms with E-state index in [1.807, 2.05) is 6.92 Å². The fraction of sp³-hybridized carbons (Fsp3) is 0.429. The Morgan fingerprint density at radius 3 is 2.57 bits per heavy atom. The Morgan fingerprint density at radius 2 is 1.93 bits per heavy atom. The first-order valence-electron chi connectivity index (χ1n) is 9.86. The number of hydrogen-bond acceptors (Lipinski definition) is 4. The third-order valence-corrected chi connectivity index (χ3v) is 6.25. The molecule has 0 saturated carbocycles. The van der Waals surface area contributed by atoms with Gasteiger partial charge in [0.25, 0.3) is 0 Å². The lowest BCUT2D eigenvalue weighted by molar-refractivity contribution is -0.111. The molecular weight excluding hydrogens is 424 g/mol. The number of nitrogens with one attached hydrogen (secondary N) is 2. The monoisotopic (exact) mass is 452 g/mol. The van der Waals surface area contributed by atoms with Gasteiger partial charge in [-0.2, -0.15) is 5.10 Å². The van der Waals surface area contributed by atoms with E-state index in [0.717, 1.165) is 5.69 Å². The van der Waals surface area contributed by atoms with Gasteiger partial charge in [0.15, 0.2) is 0 Å². The normalized spacial score (nSPS) is 12.0. The van der Waals surface area contributed by atoms with Crippen molar-refractivity contribution < 1.29 is 13.2 Å². The summed E-state index contributed by atoms with van der Waals surface area (Å²) in [5.41, 5.74) is 3.05.